The second kappa shape index (κ2) is 20.8. The molecule has 3 aromatic rings. The van der Waals surface area contributed by atoms with Gasteiger partial charge in [-0.1, -0.05) is 43.2 Å². The van der Waals surface area contributed by atoms with Crippen LogP contribution in [0.4, 0.5) is 11.6 Å². The fourth-order valence-corrected chi connectivity index (χ4v) is 7.29. The molecule has 3 amide bonds. The molecule has 0 aliphatic rings. The molecule has 46 heavy (non-hydrogen) atoms. The number of carbonyl (C=O) groups is 3. The summed E-state index contributed by atoms with van der Waals surface area (Å²) in [7, 11) is 6.52. The van der Waals surface area contributed by atoms with E-state index in [2.05, 4.69) is 41.2 Å². The van der Waals surface area contributed by atoms with Crippen LogP contribution >= 0.6 is 43.2 Å². The number of fused-ring (bicyclic) bond motifs is 1. The average molecular weight is 710 g/mol. The lowest BCUT2D eigenvalue weighted by molar-refractivity contribution is -0.123. The van der Waals surface area contributed by atoms with Crippen molar-refractivity contribution in [1.82, 2.24) is 35.9 Å². The second-order valence-corrected chi connectivity index (χ2v) is 14.9. The molecule has 1 atom stereocenters. The number of carbonyl (C=O) groups excluding carboxylic acids is 3. The third-order valence-corrected chi connectivity index (χ3v) is 10.8. The zero-order valence-corrected chi connectivity index (χ0v) is 28.3. The molecule has 1 aromatic carbocycles. The first-order valence-corrected chi connectivity index (χ1v) is 19.4. The van der Waals surface area contributed by atoms with E-state index in [4.69, 9.17) is 17.2 Å². The van der Waals surface area contributed by atoms with Crippen LogP contribution in [0.1, 0.15) is 28.9 Å². The Morgan fingerprint density at radius 1 is 0.891 bits per heavy atom. The monoisotopic (exact) mass is 709 g/mol. The number of anilines is 2. The number of aromatic nitrogens is 4. The molecule has 11 N–H and O–H groups in total. The van der Waals surface area contributed by atoms with Gasteiger partial charge in [0.1, 0.15) is 6.04 Å². The summed E-state index contributed by atoms with van der Waals surface area (Å²) in [5, 5.41) is 11.6. The first kappa shape index (κ1) is 37.2. The maximum Gasteiger partial charge on any atom is 0.280 e. The van der Waals surface area contributed by atoms with Gasteiger partial charge < -0.3 is 38.5 Å². The smallest absolute Gasteiger partial charge is 0.280 e. The molecule has 2 aromatic heterocycles. The van der Waals surface area contributed by atoms with Crippen LogP contribution in [-0.4, -0.2) is 92.9 Å². The van der Waals surface area contributed by atoms with Crippen molar-refractivity contribution in [3.8, 4) is 0 Å². The summed E-state index contributed by atoms with van der Waals surface area (Å²) in [6.45, 7) is 2.36. The minimum Gasteiger partial charge on any atom is -0.379 e. The number of nitrogens with zero attached hydrogens (tertiary/aromatic N) is 3. The number of rotatable bonds is 21. The number of benzene rings is 1. The van der Waals surface area contributed by atoms with Crippen molar-refractivity contribution in [3.05, 3.63) is 52.1 Å². The fraction of sp³-hybridized carbons (Fsp3) is 0.444. The van der Waals surface area contributed by atoms with Crippen molar-refractivity contribution in [2.24, 2.45) is 11.5 Å². The van der Waals surface area contributed by atoms with E-state index in [0.717, 1.165) is 17.3 Å². The molecular formula is C27H39N11O4S4. The Morgan fingerprint density at radius 3 is 2.22 bits per heavy atom. The first-order valence-electron chi connectivity index (χ1n) is 14.4. The first-order chi connectivity index (χ1) is 22.3. The molecule has 3 rings (SSSR count). The molecule has 0 radical (unpaired) electrons. The number of H-pyrrole nitrogens is 1. The molecular weight excluding hydrogens is 671 g/mol. The molecule has 2 heterocycles. The number of amides is 3. The van der Waals surface area contributed by atoms with Gasteiger partial charge in [0.05, 0.1) is 18.4 Å². The molecule has 0 saturated carbocycles. The molecule has 0 spiro atoms. The Kier molecular flexibility index (Phi) is 16.8. The summed E-state index contributed by atoms with van der Waals surface area (Å²) in [5.41, 5.74) is 17.8. The molecule has 0 fully saturated rings. The van der Waals surface area contributed by atoms with Crippen LogP contribution in [0.15, 0.2) is 35.3 Å². The van der Waals surface area contributed by atoms with E-state index >= 15 is 0 Å². The maximum absolute atomic E-state index is 13.1. The summed E-state index contributed by atoms with van der Waals surface area (Å²) in [6.07, 6.45) is 1.72. The van der Waals surface area contributed by atoms with Crippen LogP contribution < -0.4 is 44.0 Å². The van der Waals surface area contributed by atoms with E-state index in [-0.39, 0.29) is 48.3 Å². The second-order valence-electron chi connectivity index (χ2n) is 9.49. The largest absolute Gasteiger partial charge is 0.379 e. The Hall–Kier alpha value is -3.23. The molecule has 0 saturated heterocycles. The topological polar surface area (TPSA) is 249 Å². The molecule has 250 valence electrons. The van der Waals surface area contributed by atoms with E-state index in [0.29, 0.717) is 48.9 Å². The van der Waals surface area contributed by atoms with E-state index in [1.54, 1.807) is 67.4 Å². The van der Waals surface area contributed by atoms with Crippen molar-refractivity contribution in [2.45, 2.75) is 25.4 Å². The predicted octanol–water partition coefficient (Wildman–Crippen LogP) is 0.699. The van der Waals surface area contributed by atoms with Gasteiger partial charge in [-0.3, -0.25) is 24.2 Å². The number of hydrogen-bond acceptors (Lipinski definition) is 15. The van der Waals surface area contributed by atoms with Crippen molar-refractivity contribution in [3.63, 3.8) is 0 Å². The van der Waals surface area contributed by atoms with Gasteiger partial charge in [0.2, 0.25) is 17.8 Å². The van der Waals surface area contributed by atoms with Crippen molar-refractivity contribution in [2.75, 3.05) is 60.2 Å². The predicted molar refractivity (Wildman–Crippen MR) is 191 cm³/mol. The lowest BCUT2D eigenvalue weighted by atomic mass is 10.1. The highest BCUT2D eigenvalue weighted by molar-refractivity contribution is 8.77. The molecule has 19 heteroatoms. The molecule has 15 nitrogen and oxygen atoms in total. The summed E-state index contributed by atoms with van der Waals surface area (Å²) in [6, 6.07) is 5.76. The van der Waals surface area contributed by atoms with Gasteiger partial charge in [0.25, 0.3) is 11.5 Å². The highest BCUT2D eigenvalue weighted by atomic mass is 33.1. The summed E-state index contributed by atoms with van der Waals surface area (Å²) < 4.78 is 0. The van der Waals surface area contributed by atoms with Gasteiger partial charge in [0.15, 0.2) is 11.2 Å². The number of hydrogen-bond donors (Lipinski definition) is 8. The molecule has 0 aliphatic heterocycles. The highest BCUT2D eigenvalue weighted by Crippen LogP contribution is 2.19. The maximum atomic E-state index is 13.1. The third kappa shape index (κ3) is 13.2. The zero-order chi connectivity index (χ0) is 33.1. The Balaban J connectivity index is 1.54. The Bertz CT molecular complexity index is 1480. The van der Waals surface area contributed by atoms with Gasteiger partial charge in [-0.15, -0.1) is 0 Å². The average Bonchev–Trinajstić information content (AvgIpc) is 3.05. The van der Waals surface area contributed by atoms with Gasteiger partial charge in [-0.2, -0.15) is 4.98 Å². The van der Waals surface area contributed by atoms with E-state index in [1.165, 1.54) is 6.20 Å². The minimum atomic E-state index is -0.897. The lowest BCUT2D eigenvalue weighted by Crippen LogP contribution is -2.47. The van der Waals surface area contributed by atoms with Crippen molar-refractivity contribution < 1.29 is 14.4 Å². The van der Waals surface area contributed by atoms with Gasteiger partial charge in [0, 0.05) is 66.9 Å². The van der Waals surface area contributed by atoms with Crippen LogP contribution in [-0.2, 0) is 16.1 Å². The number of aromatic amines is 1. The molecule has 0 unspecified atom stereocenters. The normalized spacial score (nSPS) is 11.6. The van der Waals surface area contributed by atoms with Crippen LogP contribution in [0.3, 0.4) is 0 Å². The standard InChI is InChI=1S/C27H39N11O4S4/c28-7-11-43-45-13-9-31-21(39)6-5-20(25(41)32-10-14-46-44-12-8-29)36-24(40)17-1-3-18(4-2-17)33-15-19-16-34-23-22(35-19)26(42)38-27(30)37-23/h1-4,16,20,33H,5-15,28-29H2,(H,31,39)(H,32,41)(H,36,40)(H3,30,34,37,38,42)/t20-/m0/s1. The fourth-order valence-electron chi connectivity index (χ4n) is 3.77. The lowest BCUT2D eigenvalue weighted by Gasteiger charge is -2.19. The number of nitrogens with one attached hydrogen (secondary N) is 5. The van der Waals surface area contributed by atoms with E-state index in [9.17, 15) is 19.2 Å². The van der Waals surface area contributed by atoms with E-state index in [1.807, 2.05) is 0 Å². The summed E-state index contributed by atoms with van der Waals surface area (Å²) in [4.78, 5) is 65.4. The number of nitrogens with two attached hydrogens (primary N) is 3. The van der Waals surface area contributed by atoms with E-state index < -0.39 is 17.5 Å². The van der Waals surface area contributed by atoms with Gasteiger partial charge in [-0.05, 0) is 30.7 Å². The van der Waals surface area contributed by atoms with Crippen molar-refractivity contribution in [1.29, 1.82) is 0 Å². The Morgan fingerprint density at radius 2 is 1.54 bits per heavy atom. The highest BCUT2D eigenvalue weighted by Gasteiger charge is 2.22. The summed E-state index contributed by atoms with van der Waals surface area (Å²) in [5.74, 6) is 2.05. The Labute approximate surface area is 282 Å². The SMILES string of the molecule is NCCSSCCNC(=O)CC[C@H](NC(=O)c1ccc(NCc2cnc3nc(N)[nH]c(=O)c3n2)cc1)C(=O)NCCSSCCN. The van der Waals surface area contributed by atoms with Gasteiger partial charge >= 0.3 is 0 Å². The van der Waals surface area contributed by atoms with Crippen LogP contribution in [0, 0.1) is 0 Å². The van der Waals surface area contributed by atoms with Gasteiger partial charge in [-0.25, -0.2) is 9.97 Å². The zero-order valence-electron chi connectivity index (χ0n) is 25.1. The van der Waals surface area contributed by atoms with Crippen molar-refractivity contribution >= 4 is 83.7 Å². The van der Waals surface area contributed by atoms with Crippen LogP contribution in [0.25, 0.3) is 11.2 Å². The third-order valence-electron chi connectivity index (χ3n) is 5.95. The quantitative estimate of drug-likeness (QED) is 0.0560. The molecule has 0 aliphatic carbocycles. The van der Waals surface area contributed by atoms with Crippen LogP contribution in [0.2, 0.25) is 0 Å². The number of nitrogen functional groups attached to an aromatic ring is 1. The summed E-state index contributed by atoms with van der Waals surface area (Å²) >= 11 is 0. The molecule has 0 bridgehead atoms. The van der Waals surface area contributed by atoms with Crippen LogP contribution in [0.5, 0.6) is 0 Å². The minimum absolute atomic E-state index is 0.0366.